The van der Waals surface area contributed by atoms with Crippen LogP contribution in [0.5, 0.6) is 0 Å². The van der Waals surface area contributed by atoms with Crippen molar-refractivity contribution >= 4 is 11.3 Å². The number of hydrogen-bond acceptors (Lipinski definition) is 2. The summed E-state index contributed by atoms with van der Waals surface area (Å²) in [5, 5.41) is 3.56. The molecule has 0 bridgehead atoms. The molecule has 1 N–H and O–H groups in total. The van der Waals surface area contributed by atoms with Gasteiger partial charge in [-0.2, -0.15) is 0 Å². The number of rotatable bonds is 4. The summed E-state index contributed by atoms with van der Waals surface area (Å²) in [5.41, 5.74) is 0. The monoisotopic (exact) mass is 251 g/mol. The van der Waals surface area contributed by atoms with Crippen LogP contribution in [0.15, 0.2) is 12.1 Å². The van der Waals surface area contributed by atoms with Gasteiger partial charge in [-0.05, 0) is 56.8 Å². The molecule has 1 heterocycles. The number of nitrogens with one attached hydrogen (secondary N) is 1. The molecule has 0 amide bonds. The molecular formula is C15H25NS. The van der Waals surface area contributed by atoms with Gasteiger partial charge in [0.1, 0.15) is 0 Å². The van der Waals surface area contributed by atoms with E-state index in [9.17, 15) is 0 Å². The summed E-state index contributed by atoms with van der Waals surface area (Å²) in [6.45, 7) is 6.75. The average molecular weight is 251 g/mol. The summed E-state index contributed by atoms with van der Waals surface area (Å²) >= 11 is 2.01. The molecule has 0 saturated heterocycles. The van der Waals surface area contributed by atoms with Crippen LogP contribution in [0.25, 0.3) is 0 Å². The van der Waals surface area contributed by atoms with E-state index in [0.29, 0.717) is 0 Å². The summed E-state index contributed by atoms with van der Waals surface area (Å²) in [5.74, 6) is 1.67. The lowest BCUT2D eigenvalue weighted by Gasteiger charge is -2.24. The van der Waals surface area contributed by atoms with Crippen LogP contribution in [0.2, 0.25) is 0 Å². The Bertz CT molecular complexity index is 331. The molecule has 0 radical (unpaired) electrons. The Labute approximate surface area is 110 Å². The van der Waals surface area contributed by atoms with Crippen LogP contribution in [0.4, 0.5) is 0 Å². The molecule has 1 aromatic rings. The lowest BCUT2D eigenvalue weighted by molar-refractivity contribution is 0.383. The zero-order valence-corrected chi connectivity index (χ0v) is 12.0. The maximum Gasteiger partial charge on any atom is 0.00822 e. The second kappa shape index (κ2) is 6.55. The van der Waals surface area contributed by atoms with Crippen LogP contribution in [0.3, 0.4) is 0 Å². The van der Waals surface area contributed by atoms with Crippen molar-refractivity contribution in [1.82, 2.24) is 5.32 Å². The fourth-order valence-corrected chi connectivity index (χ4v) is 4.09. The predicted octanol–water partition coefficient (Wildman–Crippen LogP) is 4.33. The number of thiophene rings is 1. The van der Waals surface area contributed by atoms with E-state index in [0.717, 1.165) is 18.4 Å². The molecule has 0 spiro atoms. The highest BCUT2D eigenvalue weighted by Gasteiger charge is 2.25. The van der Waals surface area contributed by atoms with Crippen molar-refractivity contribution in [3.8, 4) is 0 Å². The van der Waals surface area contributed by atoms with Crippen LogP contribution < -0.4 is 5.32 Å². The fraction of sp³-hybridized carbons (Fsp3) is 0.733. The molecule has 1 fully saturated rings. The smallest absolute Gasteiger partial charge is 0.00822 e. The van der Waals surface area contributed by atoms with Gasteiger partial charge >= 0.3 is 0 Å². The first-order chi connectivity index (χ1) is 8.31. The van der Waals surface area contributed by atoms with Crippen molar-refractivity contribution < 1.29 is 0 Å². The first kappa shape index (κ1) is 13.1. The number of aryl methyl sites for hydroxylation is 1. The highest BCUT2D eigenvalue weighted by Crippen LogP contribution is 2.39. The van der Waals surface area contributed by atoms with Crippen molar-refractivity contribution in [2.45, 2.75) is 51.9 Å². The van der Waals surface area contributed by atoms with Gasteiger partial charge in [0.05, 0.1) is 0 Å². The van der Waals surface area contributed by atoms with Crippen LogP contribution in [-0.2, 0) is 0 Å². The second-order valence-corrected chi connectivity index (χ2v) is 6.58. The average Bonchev–Trinajstić information content (AvgIpc) is 2.63. The lowest BCUT2D eigenvalue weighted by atomic mass is 9.86. The Morgan fingerprint density at radius 2 is 2.06 bits per heavy atom. The van der Waals surface area contributed by atoms with Gasteiger partial charge in [-0.1, -0.05) is 26.2 Å². The molecule has 0 aliphatic heterocycles. The minimum Gasteiger partial charge on any atom is -0.317 e. The molecule has 96 valence electrons. The summed E-state index contributed by atoms with van der Waals surface area (Å²) in [7, 11) is 0. The van der Waals surface area contributed by atoms with Gasteiger partial charge in [-0.25, -0.2) is 0 Å². The maximum atomic E-state index is 3.56. The molecule has 1 aliphatic rings. The van der Waals surface area contributed by atoms with Crippen molar-refractivity contribution in [2.75, 3.05) is 13.1 Å². The highest BCUT2D eigenvalue weighted by molar-refractivity contribution is 7.12. The molecule has 2 heteroatoms. The molecule has 1 aromatic heterocycles. The zero-order valence-electron chi connectivity index (χ0n) is 11.2. The molecule has 1 aliphatic carbocycles. The third-order valence-electron chi connectivity index (χ3n) is 3.94. The van der Waals surface area contributed by atoms with E-state index in [4.69, 9.17) is 0 Å². The van der Waals surface area contributed by atoms with Gasteiger partial charge in [-0.3, -0.25) is 0 Å². The minimum absolute atomic E-state index is 0.815. The summed E-state index contributed by atoms with van der Waals surface area (Å²) in [6.07, 6.45) is 7.09. The topological polar surface area (TPSA) is 12.0 Å². The van der Waals surface area contributed by atoms with Crippen LogP contribution in [0.1, 0.15) is 54.7 Å². The SMILES string of the molecule is CCNCC1CCCCCC1c1ccc(C)s1. The Morgan fingerprint density at radius 3 is 2.76 bits per heavy atom. The molecule has 2 unspecified atom stereocenters. The van der Waals surface area contributed by atoms with Crippen LogP contribution in [0, 0.1) is 12.8 Å². The van der Waals surface area contributed by atoms with Gasteiger partial charge in [0.2, 0.25) is 0 Å². The van der Waals surface area contributed by atoms with Crippen molar-refractivity contribution in [3.63, 3.8) is 0 Å². The van der Waals surface area contributed by atoms with E-state index in [2.05, 4.69) is 31.3 Å². The Kier molecular flexibility index (Phi) is 5.05. The standard InChI is InChI=1S/C15H25NS/c1-3-16-11-13-7-5-4-6-8-14(13)15-10-9-12(2)17-15/h9-10,13-14,16H,3-8,11H2,1-2H3. The van der Waals surface area contributed by atoms with Gasteiger partial charge in [0, 0.05) is 9.75 Å². The van der Waals surface area contributed by atoms with Crippen molar-refractivity contribution in [1.29, 1.82) is 0 Å². The van der Waals surface area contributed by atoms with E-state index in [-0.39, 0.29) is 0 Å². The molecule has 0 aromatic carbocycles. The van der Waals surface area contributed by atoms with E-state index in [1.165, 1.54) is 43.5 Å². The predicted molar refractivity (Wildman–Crippen MR) is 76.9 cm³/mol. The molecule has 2 rings (SSSR count). The Balaban J connectivity index is 2.08. The first-order valence-electron chi connectivity index (χ1n) is 7.08. The summed E-state index contributed by atoms with van der Waals surface area (Å²) in [4.78, 5) is 3.10. The van der Waals surface area contributed by atoms with E-state index in [1.807, 2.05) is 11.3 Å². The normalized spacial score (nSPS) is 25.8. The van der Waals surface area contributed by atoms with Gasteiger partial charge in [0.25, 0.3) is 0 Å². The van der Waals surface area contributed by atoms with Gasteiger partial charge in [-0.15, -0.1) is 11.3 Å². The quantitative estimate of drug-likeness (QED) is 0.785. The largest absolute Gasteiger partial charge is 0.317 e. The van der Waals surface area contributed by atoms with Crippen molar-refractivity contribution in [3.05, 3.63) is 21.9 Å². The van der Waals surface area contributed by atoms with E-state index in [1.54, 1.807) is 4.88 Å². The van der Waals surface area contributed by atoms with E-state index < -0.39 is 0 Å². The fourth-order valence-electron chi connectivity index (χ4n) is 2.99. The molecular weight excluding hydrogens is 226 g/mol. The Hall–Kier alpha value is -0.340. The maximum absolute atomic E-state index is 3.56. The van der Waals surface area contributed by atoms with E-state index >= 15 is 0 Å². The minimum atomic E-state index is 0.815. The Morgan fingerprint density at radius 1 is 1.24 bits per heavy atom. The summed E-state index contributed by atoms with van der Waals surface area (Å²) in [6, 6.07) is 4.66. The third kappa shape index (κ3) is 3.56. The molecule has 1 saturated carbocycles. The molecule has 2 atom stereocenters. The van der Waals surface area contributed by atoms with Crippen LogP contribution in [-0.4, -0.2) is 13.1 Å². The number of hydrogen-bond donors (Lipinski definition) is 1. The second-order valence-electron chi connectivity index (χ2n) is 5.26. The van der Waals surface area contributed by atoms with Gasteiger partial charge < -0.3 is 5.32 Å². The molecule has 17 heavy (non-hydrogen) atoms. The molecule has 1 nitrogen and oxygen atoms in total. The summed E-state index contributed by atoms with van der Waals surface area (Å²) < 4.78 is 0. The van der Waals surface area contributed by atoms with Crippen LogP contribution >= 0.6 is 11.3 Å². The van der Waals surface area contributed by atoms with Crippen molar-refractivity contribution in [2.24, 2.45) is 5.92 Å². The third-order valence-corrected chi connectivity index (χ3v) is 5.07. The zero-order chi connectivity index (χ0) is 12.1. The lowest BCUT2D eigenvalue weighted by Crippen LogP contribution is -2.26. The van der Waals surface area contributed by atoms with Gasteiger partial charge in [0.15, 0.2) is 0 Å². The highest BCUT2D eigenvalue weighted by atomic mass is 32.1. The first-order valence-corrected chi connectivity index (χ1v) is 7.90.